The van der Waals surface area contributed by atoms with Crippen LogP contribution >= 0.6 is 0 Å². The van der Waals surface area contributed by atoms with Crippen molar-refractivity contribution in [1.29, 1.82) is 0 Å². The number of hydrogen-bond donors (Lipinski definition) is 1. The van der Waals surface area contributed by atoms with Gasteiger partial charge in [0.2, 0.25) is 0 Å². The molecular weight excluding hydrogens is 239 g/mol. The molecule has 1 heterocycles. The van der Waals surface area contributed by atoms with Crippen LogP contribution in [0.5, 0.6) is 0 Å². The summed E-state index contributed by atoms with van der Waals surface area (Å²) < 4.78 is 14.0. The fourth-order valence-electron chi connectivity index (χ4n) is 3.76. The Labute approximate surface area is 114 Å². The lowest BCUT2D eigenvalue weighted by Crippen LogP contribution is -2.36. The summed E-state index contributed by atoms with van der Waals surface area (Å²) >= 11 is 0. The van der Waals surface area contributed by atoms with Crippen LogP contribution in [0.2, 0.25) is 0 Å². The van der Waals surface area contributed by atoms with E-state index in [-0.39, 0.29) is 11.9 Å². The first-order valence-corrected chi connectivity index (χ1v) is 7.54. The van der Waals surface area contributed by atoms with Crippen LogP contribution in [0, 0.1) is 5.82 Å². The maximum atomic E-state index is 14.0. The molecule has 0 saturated heterocycles. The highest BCUT2D eigenvalue weighted by molar-refractivity contribution is 5.35. The second-order valence-electron chi connectivity index (χ2n) is 5.88. The minimum atomic E-state index is -0.0629. The van der Waals surface area contributed by atoms with Crippen LogP contribution in [-0.4, -0.2) is 17.5 Å². The van der Waals surface area contributed by atoms with Crippen LogP contribution in [0.25, 0.3) is 0 Å². The molecule has 0 amide bonds. The summed E-state index contributed by atoms with van der Waals surface area (Å²) in [5, 5.41) is 0. The van der Waals surface area contributed by atoms with Crippen LogP contribution in [0.4, 0.5) is 4.39 Å². The molecule has 1 aromatic rings. The van der Waals surface area contributed by atoms with Gasteiger partial charge in [-0.25, -0.2) is 4.39 Å². The van der Waals surface area contributed by atoms with Gasteiger partial charge in [0.05, 0.1) is 0 Å². The van der Waals surface area contributed by atoms with E-state index in [0.29, 0.717) is 12.6 Å². The molecule has 1 aliphatic carbocycles. The third-order valence-corrected chi connectivity index (χ3v) is 4.77. The molecule has 1 atom stereocenters. The highest BCUT2D eigenvalue weighted by Gasteiger charge is 2.35. The van der Waals surface area contributed by atoms with Crippen molar-refractivity contribution in [1.82, 2.24) is 4.90 Å². The number of nitrogens with two attached hydrogens (primary N) is 1. The maximum absolute atomic E-state index is 14.0. The number of benzene rings is 1. The molecule has 2 N–H and O–H groups in total. The second kappa shape index (κ2) is 5.59. The smallest absolute Gasteiger partial charge is 0.128 e. The molecule has 1 fully saturated rings. The third kappa shape index (κ3) is 2.41. The largest absolute Gasteiger partial charge is 0.329 e. The summed E-state index contributed by atoms with van der Waals surface area (Å²) in [4.78, 5) is 2.46. The van der Waals surface area contributed by atoms with Gasteiger partial charge in [-0.3, -0.25) is 4.90 Å². The Bertz CT molecular complexity index is 438. The Hall–Kier alpha value is -0.930. The van der Waals surface area contributed by atoms with Gasteiger partial charge in [0.1, 0.15) is 5.82 Å². The average molecular weight is 262 g/mol. The lowest BCUT2D eigenvalue weighted by Gasteiger charge is -2.32. The molecule has 0 spiro atoms. The quantitative estimate of drug-likeness (QED) is 0.828. The molecule has 1 aromatic carbocycles. The summed E-state index contributed by atoms with van der Waals surface area (Å²) in [7, 11) is 0. The highest BCUT2D eigenvalue weighted by Crippen LogP contribution is 2.38. The van der Waals surface area contributed by atoms with E-state index in [0.717, 1.165) is 17.7 Å². The topological polar surface area (TPSA) is 29.3 Å². The summed E-state index contributed by atoms with van der Waals surface area (Å²) in [5.74, 6) is -0.0629. The van der Waals surface area contributed by atoms with Gasteiger partial charge in [-0.15, -0.1) is 0 Å². The Kier molecular flexibility index (Phi) is 3.85. The molecule has 3 rings (SSSR count). The van der Waals surface area contributed by atoms with Crippen molar-refractivity contribution >= 4 is 0 Å². The van der Waals surface area contributed by atoms with Crippen molar-refractivity contribution in [3.8, 4) is 0 Å². The van der Waals surface area contributed by atoms with E-state index in [1.54, 1.807) is 6.07 Å². The minimum Gasteiger partial charge on any atom is -0.329 e. The number of hydrogen-bond acceptors (Lipinski definition) is 2. The SMILES string of the molecule is NCC1c2cccc(F)c2CN1C1CCCCCC1. The van der Waals surface area contributed by atoms with Crippen LogP contribution < -0.4 is 5.73 Å². The minimum absolute atomic E-state index is 0.0629. The fraction of sp³-hybridized carbons (Fsp3) is 0.625. The third-order valence-electron chi connectivity index (χ3n) is 4.77. The van der Waals surface area contributed by atoms with Crippen molar-refractivity contribution in [3.63, 3.8) is 0 Å². The Morgan fingerprint density at radius 1 is 1.16 bits per heavy atom. The molecule has 0 aromatic heterocycles. The lowest BCUT2D eigenvalue weighted by molar-refractivity contribution is 0.134. The average Bonchev–Trinajstić information content (AvgIpc) is 2.60. The molecule has 2 aliphatic rings. The predicted molar refractivity (Wildman–Crippen MR) is 75.2 cm³/mol. The molecular formula is C16H23FN2. The molecule has 0 bridgehead atoms. The molecule has 2 nitrogen and oxygen atoms in total. The number of rotatable bonds is 2. The van der Waals surface area contributed by atoms with Crippen molar-refractivity contribution < 1.29 is 4.39 Å². The van der Waals surface area contributed by atoms with Crippen molar-refractivity contribution in [2.75, 3.05) is 6.54 Å². The number of fused-ring (bicyclic) bond motifs is 1. The molecule has 1 aliphatic heterocycles. The molecule has 1 saturated carbocycles. The van der Waals surface area contributed by atoms with Crippen LogP contribution in [0.15, 0.2) is 18.2 Å². The summed E-state index contributed by atoms with van der Waals surface area (Å²) in [6.07, 6.45) is 7.78. The molecule has 0 radical (unpaired) electrons. The van der Waals surface area contributed by atoms with E-state index < -0.39 is 0 Å². The van der Waals surface area contributed by atoms with Gasteiger partial charge in [0, 0.05) is 30.7 Å². The van der Waals surface area contributed by atoms with Gasteiger partial charge >= 0.3 is 0 Å². The first kappa shape index (κ1) is 13.1. The van der Waals surface area contributed by atoms with E-state index in [1.165, 1.54) is 38.5 Å². The van der Waals surface area contributed by atoms with E-state index in [2.05, 4.69) is 4.90 Å². The Morgan fingerprint density at radius 2 is 1.89 bits per heavy atom. The van der Waals surface area contributed by atoms with Gasteiger partial charge < -0.3 is 5.73 Å². The first-order chi connectivity index (χ1) is 9.31. The highest BCUT2D eigenvalue weighted by atomic mass is 19.1. The predicted octanol–water partition coefficient (Wildman–Crippen LogP) is 3.36. The number of nitrogens with zero attached hydrogens (tertiary/aromatic N) is 1. The van der Waals surface area contributed by atoms with Gasteiger partial charge in [-0.2, -0.15) is 0 Å². The maximum Gasteiger partial charge on any atom is 0.128 e. The zero-order valence-corrected chi connectivity index (χ0v) is 11.4. The number of halogens is 1. The van der Waals surface area contributed by atoms with E-state index in [1.807, 2.05) is 12.1 Å². The second-order valence-corrected chi connectivity index (χ2v) is 5.88. The normalized spacial score (nSPS) is 25.3. The van der Waals surface area contributed by atoms with Crippen LogP contribution in [-0.2, 0) is 6.54 Å². The summed E-state index contributed by atoms with van der Waals surface area (Å²) in [6, 6.07) is 6.24. The zero-order valence-electron chi connectivity index (χ0n) is 11.4. The molecule has 3 heteroatoms. The molecule has 1 unspecified atom stereocenters. The first-order valence-electron chi connectivity index (χ1n) is 7.54. The summed E-state index contributed by atoms with van der Waals surface area (Å²) in [6.45, 7) is 1.33. The van der Waals surface area contributed by atoms with Crippen LogP contribution in [0.1, 0.15) is 55.7 Å². The van der Waals surface area contributed by atoms with Crippen molar-refractivity contribution in [2.24, 2.45) is 5.73 Å². The molecule has 19 heavy (non-hydrogen) atoms. The van der Waals surface area contributed by atoms with Gasteiger partial charge in [-0.05, 0) is 24.5 Å². The zero-order chi connectivity index (χ0) is 13.2. The Balaban J connectivity index is 1.86. The molecule has 104 valence electrons. The van der Waals surface area contributed by atoms with Gasteiger partial charge in [0.25, 0.3) is 0 Å². The Morgan fingerprint density at radius 3 is 2.58 bits per heavy atom. The fourth-order valence-corrected chi connectivity index (χ4v) is 3.76. The van der Waals surface area contributed by atoms with E-state index in [9.17, 15) is 4.39 Å². The van der Waals surface area contributed by atoms with Gasteiger partial charge in [-0.1, -0.05) is 37.8 Å². The van der Waals surface area contributed by atoms with Crippen LogP contribution in [0.3, 0.4) is 0 Å². The van der Waals surface area contributed by atoms with Crippen molar-refractivity contribution in [2.45, 2.75) is 57.2 Å². The van der Waals surface area contributed by atoms with Gasteiger partial charge in [0.15, 0.2) is 0 Å². The van der Waals surface area contributed by atoms with Crippen molar-refractivity contribution in [3.05, 3.63) is 35.1 Å². The summed E-state index contributed by atoms with van der Waals surface area (Å²) in [5.41, 5.74) is 7.97. The lowest BCUT2D eigenvalue weighted by atomic mass is 10.0. The van der Waals surface area contributed by atoms with E-state index in [4.69, 9.17) is 5.73 Å². The monoisotopic (exact) mass is 262 g/mol. The standard InChI is InChI=1S/C16H23FN2/c17-15-9-5-8-13-14(15)11-19(16(13)10-18)12-6-3-1-2-4-7-12/h5,8-9,12,16H,1-4,6-7,10-11,18H2. The van der Waals surface area contributed by atoms with E-state index >= 15 is 0 Å².